The molecule has 0 bridgehead atoms. The van der Waals surface area contributed by atoms with Gasteiger partial charge in [-0.1, -0.05) is 18.2 Å². The Labute approximate surface area is 97.8 Å². The summed E-state index contributed by atoms with van der Waals surface area (Å²) in [5, 5.41) is 19.7. The molecular weight excluding hydrogens is 226 g/mol. The van der Waals surface area contributed by atoms with E-state index >= 15 is 0 Å². The van der Waals surface area contributed by atoms with Crippen LogP contribution in [0.2, 0.25) is 0 Å². The van der Waals surface area contributed by atoms with Gasteiger partial charge in [-0.3, -0.25) is 4.79 Å². The van der Waals surface area contributed by atoms with E-state index in [0.717, 1.165) is 5.56 Å². The van der Waals surface area contributed by atoms with Crippen molar-refractivity contribution in [2.75, 3.05) is 13.2 Å². The summed E-state index contributed by atoms with van der Waals surface area (Å²) in [6.07, 6.45) is 0. The average Bonchev–Trinajstić information content (AvgIpc) is 2.27. The summed E-state index contributed by atoms with van der Waals surface area (Å²) in [5.74, 6) is -1.57. The molecule has 0 spiro atoms. The average molecular weight is 239 g/mol. The first-order chi connectivity index (χ1) is 8.09. The minimum atomic E-state index is -1.06. The molecule has 92 valence electrons. The number of hydrogen-bond donors (Lipinski definition) is 3. The van der Waals surface area contributed by atoms with E-state index in [9.17, 15) is 9.59 Å². The molecule has 6 nitrogen and oxygen atoms in total. The molecule has 0 saturated carbocycles. The summed E-state index contributed by atoms with van der Waals surface area (Å²) in [7, 11) is 0. The van der Waals surface area contributed by atoms with Crippen LogP contribution in [-0.4, -0.2) is 35.3 Å². The normalized spacial score (nSPS) is 9.88. The highest BCUT2D eigenvalue weighted by Gasteiger charge is 2.05. The van der Waals surface area contributed by atoms with Crippen LogP contribution in [-0.2, 0) is 16.1 Å². The Hall–Kier alpha value is -2.08. The lowest BCUT2D eigenvalue weighted by atomic mass is 10.2. The van der Waals surface area contributed by atoms with Crippen molar-refractivity contribution in [2.24, 2.45) is 0 Å². The molecule has 0 aliphatic carbocycles. The third-order valence-electron chi connectivity index (χ3n) is 1.92. The number of carbonyl (C=O) groups is 2. The summed E-state index contributed by atoms with van der Waals surface area (Å²) >= 11 is 0. The zero-order valence-electron chi connectivity index (χ0n) is 9.05. The molecule has 0 aromatic heterocycles. The van der Waals surface area contributed by atoms with Crippen molar-refractivity contribution in [3.05, 3.63) is 29.8 Å². The van der Waals surface area contributed by atoms with Crippen LogP contribution in [0.3, 0.4) is 0 Å². The highest BCUT2D eigenvalue weighted by molar-refractivity contribution is 5.69. The van der Waals surface area contributed by atoms with Crippen LogP contribution in [0.1, 0.15) is 5.56 Å². The van der Waals surface area contributed by atoms with Crippen molar-refractivity contribution in [3.63, 3.8) is 0 Å². The number of hydrogen-bond acceptors (Lipinski definition) is 4. The van der Waals surface area contributed by atoms with Crippen LogP contribution < -0.4 is 10.1 Å². The van der Waals surface area contributed by atoms with Gasteiger partial charge in [0.1, 0.15) is 5.75 Å². The zero-order chi connectivity index (χ0) is 12.7. The lowest BCUT2D eigenvalue weighted by Crippen LogP contribution is -2.22. The maximum absolute atomic E-state index is 10.4. The van der Waals surface area contributed by atoms with Crippen LogP contribution in [0, 0.1) is 0 Å². The van der Waals surface area contributed by atoms with Gasteiger partial charge in [0.25, 0.3) is 0 Å². The molecule has 0 heterocycles. The summed E-state index contributed by atoms with van der Waals surface area (Å²) in [6, 6.07) is 6.87. The van der Waals surface area contributed by atoms with Gasteiger partial charge in [0.15, 0.2) is 6.61 Å². The van der Waals surface area contributed by atoms with Gasteiger partial charge in [-0.15, -0.1) is 0 Å². The van der Waals surface area contributed by atoms with E-state index in [0.29, 0.717) is 12.3 Å². The van der Waals surface area contributed by atoms with Crippen molar-refractivity contribution in [1.82, 2.24) is 5.32 Å². The number of nitrogens with one attached hydrogen (secondary N) is 1. The van der Waals surface area contributed by atoms with Crippen molar-refractivity contribution >= 4 is 11.9 Å². The molecule has 1 rings (SSSR count). The molecule has 0 fully saturated rings. The van der Waals surface area contributed by atoms with Gasteiger partial charge in [0.2, 0.25) is 0 Å². The monoisotopic (exact) mass is 239 g/mol. The fraction of sp³-hybridized carbons (Fsp3) is 0.273. The first-order valence-electron chi connectivity index (χ1n) is 4.94. The number of rotatable bonds is 7. The van der Waals surface area contributed by atoms with Gasteiger partial charge < -0.3 is 20.3 Å². The second-order valence-electron chi connectivity index (χ2n) is 3.29. The third kappa shape index (κ3) is 4.98. The first kappa shape index (κ1) is 13.0. The highest BCUT2D eigenvalue weighted by atomic mass is 16.5. The van der Waals surface area contributed by atoms with Gasteiger partial charge in [0, 0.05) is 12.1 Å². The maximum Gasteiger partial charge on any atom is 0.341 e. The third-order valence-corrected chi connectivity index (χ3v) is 1.92. The lowest BCUT2D eigenvalue weighted by molar-refractivity contribution is -0.139. The Bertz CT molecular complexity index is 405. The van der Waals surface area contributed by atoms with Crippen molar-refractivity contribution in [1.29, 1.82) is 0 Å². The van der Waals surface area contributed by atoms with Crippen LogP contribution in [0.15, 0.2) is 24.3 Å². The largest absolute Gasteiger partial charge is 0.482 e. The van der Waals surface area contributed by atoms with Crippen LogP contribution in [0.25, 0.3) is 0 Å². The number of carboxylic acids is 2. The molecule has 0 amide bonds. The number of carboxylic acid groups (broad SMARTS) is 2. The second kappa shape index (κ2) is 6.49. The molecule has 3 N–H and O–H groups in total. The Morgan fingerprint density at radius 1 is 1.18 bits per heavy atom. The minimum Gasteiger partial charge on any atom is -0.482 e. The molecule has 0 atom stereocenters. The van der Waals surface area contributed by atoms with Gasteiger partial charge >= 0.3 is 11.9 Å². The van der Waals surface area contributed by atoms with Gasteiger partial charge in [-0.25, -0.2) is 4.79 Å². The van der Waals surface area contributed by atoms with E-state index in [1.807, 2.05) is 0 Å². The number of ether oxygens (including phenoxy) is 1. The van der Waals surface area contributed by atoms with Gasteiger partial charge in [-0.2, -0.15) is 0 Å². The quantitative estimate of drug-likeness (QED) is 0.634. The Morgan fingerprint density at radius 2 is 1.88 bits per heavy atom. The van der Waals surface area contributed by atoms with Crippen LogP contribution >= 0.6 is 0 Å². The van der Waals surface area contributed by atoms with E-state index in [4.69, 9.17) is 14.9 Å². The summed E-state index contributed by atoms with van der Waals surface area (Å²) in [4.78, 5) is 20.7. The summed E-state index contributed by atoms with van der Waals surface area (Å²) < 4.78 is 5.07. The van der Waals surface area contributed by atoms with E-state index in [-0.39, 0.29) is 6.54 Å². The molecule has 17 heavy (non-hydrogen) atoms. The minimum absolute atomic E-state index is 0.159. The van der Waals surface area contributed by atoms with E-state index in [1.54, 1.807) is 24.3 Å². The SMILES string of the molecule is O=C(O)CNCc1ccccc1OCC(=O)O. The van der Waals surface area contributed by atoms with Gasteiger partial charge in [0.05, 0.1) is 6.54 Å². The second-order valence-corrected chi connectivity index (χ2v) is 3.29. The molecule has 0 radical (unpaired) electrons. The maximum atomic E-state index is 10.4. The van der Waals surface area contributed by atoms with Crippen LogP contribution in [0.4, 0.5) is 0 Å². The predicted molar refractivity (Wildman–Crippen MR) is 58.9 cm³/mol. The Kier molecular flexibility index (Phi) is 4.96. The Morgan fingerprint density at radius 3 is 2.53 bits per heavy atom. The predicted octanol–water partition coefficient (Wildman–Crippen LogP) is 0.324. The van der Waals surface area contributed by atoms with Crippen LogP contribution in [0.5, 0.6) is 5.75 Å². The van der Waals surface area contributed by atoms with Crippen molar-refractivity contribution in [3.8, 4) is 5.75 Å². The van der Waals surface area contributed by atoms with E-state index in [2.05, 4.69) is 5.32 Å². The smallest absolute Gasteiger partial charge is 0.341 e. The summed E-state index contributed by atoms with van der Waals surface area (Å²) in [5.41, 5.74) is 0.718. The van der Waals surface area contributed by atoms with Gasteiger partial charge in [-0.05, 0) is 6.07 Å². The van der Waals surface area contributed by atoms with Crippen molar-refractivity contribution in [2.45, 2.75) is 6.54 Å². The molecule has 0 saturated heterocycles. The molecule has 0 unspecified atom stereocenters. The fourth-order valence-electron chi connectivity index (χ4n) is 1.23. The molecular formula is C11H13NO5. The fourth-order valence-corrected chi connectivity index (χ4v) is 1.23. The number of para-hydroxylation sites is 1. The molecule has 6 heteroatoms. The molecule has 1 aromatic carbocycles. The van der Waals surface area contributed by atoms with E-state index < -0.39 is 18.5 Å². The summed E-state index contributed by atoms with van der Waals surface area (Å²) in [6.45, 7) is -0.273. The number of aliphatic carboxylic acids is 2. The molecule has 0 aliphatic rings. The first-order valence-corrected chi connectivity index (χ1v) is 4.94. The molecule has 1 aromatic rings. The van der Waals surface area contributed by atoms with E-state index in [1.165, 1.54) is 0 Å². The lowest BCUT2D eigenvalue weighted by Gasteiger charge is -2.09. The van der Waals surface area contributed by atoms with Crippen molar-refractivity contribution < 1.29 is 24.5 Å². The zero-order valence-corrected chi connectivity index (χ0v) is 9.05. The molecule has 0 aliphatic heterocycles. The highest BCUT2D eigenvalue weighted by Crippen LogP contribution is 2.17. The Balaban J connectivity index is 2.57. The topological polar surface area (TPSA) is 95.9 Å². The standard InChI is InChI=1S/C11H13NO5/c13-10(14)6-12-5-8-3-1-2-4-9(8)17-7-11(15)16/h1-4,12H,5-7H2,(H,13,14)(H,15,16). The number of benzene rings is 1.